The first-order valence-corrected chi connectivity index (χ1v) is 11.2. The Bertz CT molecular complexity index is 1100. The van der Waals surface area contributed by atoms with Gasteiger partial charge in [-0.3, -0.25) is 9.30 Å². The number of imidazole rings is 1. The number of ether oxygens (including phenoxy) is 4. The molecule has 3 heterocycles. The Labute approximate surface area is 194 Å². The summed E-state index contributed by atoms with van der Waals surface area (Å²) in [5.41, 5.74) is 2.78. The van der Waals surface area contributed by atoms with Crippen LogP contribution in [0, 0.1) is 0 Å². The standard InChI is InChI=1S/C25H31N3O5/c1-25(2,3)33-24(29)27(4)19-8-9-23-26-15-22(28(23)16-19)18-6-5-7-20(14-18)31-12-13-32-21-10-11-30-17-21/h5-9,14-16,21H,10-13,17H2,1-4H3. The summed E-state index contributed by atoms with van der Waals surface area (Å²) in [7, 11) is 1.69. The molecule has 2 aromatic heterocycles. The molecule has 0 radical (unpaired) electrons. The molecule has 0 spiro atoms. The lowest BCUT2D eigenvalue weighted by molar-refractivity contribution is 0.0265. The third-order valence-corrected chi connectivity index (χ3v) is 5.27. The largest absolute Gasteiger partial charge is 0.491 e. The number of rotatable bonds is 7. The number of hydrogen-bond donors (Lipinski definition) is 0. The lowest BCUT2D eigenvalue weighted by Crippen LogP contribution is -2.34. The molecule has 1 aliphatic rings. The van der Waals surface area contributed by atoms with E-state index in [1.807, 2.05) is 74.0 Å². The van der Waals surface area contributed by atoms with E-state index >= 15 is 0 Å². The van der Waals surface area contributed by atoms with Crippen LogP contribution in [-0.4, -0.2) is 60.7 Å². The van der Waals surface area contributed by atoms with Crippen molar-refractivity contribution in [3.05, 3.63) is 48.8 Å². The number of hydrogen-bond acceptors (Lipinski definition) is 6. The fourth-order valence-corrected chi connectivity index (χ4v) is 3.58. The number of carbonyl (C=O) groups excluding carboxylic acids is 1. The zero-order valence-corrected chi connectivity index (χ0v) is 19.6. The summed E-state index contributed by atoms with van der Waals surface area (Å²) in [6.07, 6.45) is 4.40. The predicted octanol–water partition coefficient (Wildman–Crippen LogP) is 4.56. The Morgan fingerprint density at radius 3 is 2.85 bits per heavy atom. The molecule has 1 aromatic carbocycles. The lowest BCUT2D eigenvalue weighted by atomic mass is 10.1. The van der Waals surface area contributed by atoms with E-state index in [9.17, 15) is 4.79 Å². The van der Waals surface area contributed by atoms with Crippen molar-refractivity contribution in [1.29, 1.82) is 0 Å². The van der Waals surface area contributed by atoms with Gasteiger partial charge in [0.25, 0.3) is 0 Å². The number of amides is 1. The van der Waals surface area contributed by atoms with Gasteiger partial charge in [-0.25, -0.2) is 9.78 Å². The Hall–Kier alpha value is -3.10. The molecular weight excluding hydrogens is 422 g/mol. The summed E-state index contributed by atoms with van der Waals surface area (Å²) in [4.78, 5) is 18.5. The van der Waals surface area contributed by atoms with E-state index in [0.29, 0.717) is 25.5 Å². The minimum absolute atomic E-state index is 0.172. The molecule has 0 aliphatic carbocycles. The van der Waals surface area contributed by atoms with Crippen LogP contribution >= 0.6 is 0 Å². The van der Waals surface area contributed by atoms with Crippen LogP contribution in [0.25, 0.3) is 16.9 Å². The number of fused-ring (bicyclic) bond motifs is 1. The van der Waals surface area contributed by atoms with Gasteiger partial charge in [0.1, 0.15) is 23.6 Å². The quantitative estimate of drug-likeness (QED) is 0.489. The van der Waals surface area contributed by atoms with E-state index in [-0.39, 0.29) is 6.10 Å². The van der Waals surface area contributed by atoms with Crippen molar-refractivity contribution < 1.29 is 23.7 Å². The van der Waals surface area contributed by atoms with Gasteiger partial charge in [-0.1, -0.05) is 12.1 Å². The zero-order valence-electron chi connectivity index (χ0n) is 19.6. The fraction of sp³-hybridized carbons (Fsp3) is 0.440. The zero-order chi connectivity index (χ0) is 23.4. The van der Waals surface area contributed by atoms with Crippen molar-refractivity contribution in [3.8, 4) is 17.0 Å². The first-order valence-electron chi connectivity index (χ1n) is 11.2. The van der Waals surface area contributed by atoms with Crippen molar-refractivity contribution in [3.63, 3.8) is 0 Å². The molecule has 1 atom stereocenters. The Morgan fingerprint density at radius 2 is 2.09 bits per heavy atom. The molecule has 4 rings (SSSR count). The van der Waals surface area contributed by atoms with E-state index < -0.39 is 11.7 Å². The monoisotopic (exact) mass is 453 g/mol. The molecule has 8 nitrogen and oxygen atoms in total. The molecule has 0 N–H and O–H groups in total. The molecule has 1 saturated heterocycles. The number of pyridine rings is 1. The molecule has 0 saturated carbocycles. The van der Waals surface area contributed by atoms with Gasteiger partial charge in [0.2, 0.25) is 0 Å². The summed E-state index contributed by atoms with van der Waals surface area (Å²) in [5, 5.41) is 0. The summed E-state index contributed by atoms with van der Waals surface area (Å²) < 4.78 is 24.4. The third-order valence-electron chi connectivity index (χ3n) is 5.27. The molecule has 33 heavy (non-hydrogen) atoms. The number of aromatic nitrogens is 2. The lowest BCUT2D eigenvalue weighted by Gasteiger charge is -2.24. The highest BCUT2D eigenvalue weighted by Gasteiger charge is 2.21. The Kier molecular flexibility index (Phi) is 6.85. The van der Waals surface area contributed by atoms with E-state index in [1.165, 1.54) is 4.90 Å². The highest BCUT2D eigenvalue weighted by Crippen LogP contribution is 2.27. The summed E-state index contributed by atoms with van der Waals surface area (Å²) in [5.74, 6) is 0.760. The first-order chi connectivity index (χ1) is 15.8. The second kappa shape index (κ2) is 9.80. The smallest absolute Gasteiger partial charge is 0.414 e. The van der Waals surface area contributed by atoms with Crippen LogP contribution in [0.4, 0.5) is 10.5 Å². The van der Waals surface area contributed by atoms with E-state index in [0.717, 1.165) is 35.7 Å². The van der Waals surface area contributed by atoms with Crippen LogP contribution in [0.15, 0.2) is 48.8 Å². The van der Waals surface area contributed by atoms with Gasteiger partial charge in [-0.15, -0.1) is 0 Å². The van der Waals surface area contributed by atoms with Gasteiger partial charge in [0.05, 0.1) is 36.9 Å². The minimum Gasteiger partial charge on any atom is -0.491 e. The SMILES string of the molecule is CN(C(=O)OC(C)(C)C)c1ccc2ncc(-c3cccc(OCCOC4CCOC4)c3)n2c1. The predicted molar refractivity (Wildman–Crippen MR) is 126 cm³/mol. The summed E-state index contributed by atoms with van der Waals surface area (Å²) >= 11 is 0. The fourth-order valence-electron chi connectivity index (χ4n) is 3.58. The maximum Gasteiger partial charge on any atom is 0.414 e. The average Bonchev–Trinajstić information content (AvgIpc) is 3.44. The van der Waals surface area contributed by atoms with Gasteiger partial charge >= 0.3 is 6.09 Å². The average molecular weight is 454 g/mol. The number of carbonyl (C=O) groups is 1. The molecule has 3 aromatic rings. The summed E-state index contributed by atoms with van der Waals surface area (Å²) in [6.45, 7) is 7.96. The second-order valence-corrected chi connectivity index (χ2v) is 9.03. The van der Waals surface area contributed by atoms with E-state index in [4.69, 9.17) is 18.9 Å². The van der Waals surface area contributed by atoms with Crippen LogP contribution in [0.3, 0.4) is 0 Å². The third kappa shape index (κ3) is 5.83. The van der Waals surface area contributed by atoms with Gasteiger partial charge in [0.15, 0.2) is 0 Å². The van der Waals surface area contributed by atoms with Gasteiger partial charge in [0, 0.05) is 25.4 Å². The number of nitrogens with zero attached hydrogens (tertiary/aromatic N) is 3. The maximum atomic E-state index is 12.5. The number of benzene rings is 1. The first kappa shape index (κ1) is 23.1. The summed E-state index contributed by atoms with van der Waals surface area (Å²) in [6, 6.07) is 11.6. The van der Waals surface area contributed by atoms with Gasteiger partial charge < -0.3 is 18.9 Å². The van der Waals surface area contributed by atoms with Crippen molar-refractivity contribution in [2.24, 2.45) is 0 Å². The van der Waals surface area contributed by atoms with E-state index in [2.05, 4.69) is 4.98 Å². The highest BCUT2D eigenvalue weighted by atomic mass is 16.6. The molecular formula is C25H31N3O5. The van der Waals surface area contributed by atoms with E-state index in [1.54, 1.807) is 7.05 Å². The molecule has 8 heteroatoms. The second-order valence-electron chi connectivity index (χ2n) is 9.03. The molecule has 0 bridgehead atoms. The van der Waals surface area contributed by atoms with Crippen molar-refractivity contribution >= 4 is 17.4 Å². The molecule has 1 aliphatic heterocycles. The van der Waals surface area contributed by atoms with Crippen molar-refractivity contribution in [2.45, 2.75) is 38.9 Å². The maximum absolute atomic E-state index is 12.5. The molecule has 1 amide bonds. The van der Waals surface area contributed by atoms with Crippen LogP contribution in [0.5, 0.6) is 5.75 Å². The Balaban J connectivity index is 1.48. The topological polar surface area (TPSA) is 74.5 Å². The van der Waals surface area contributed by atoms with Crippen LogP contribution in [0.1, 0.15) is 27.2 Å². The highest BCUT2D eigenvalue weighted by molar-refractivity contribution is 5.87. The molecule has 176 valence electrons. The molecule has 1 unspecified atom stereocenters. The molecule has 1 fully saturated rings. The Morgan fingerprint density at radius 1 is 1.24 bits per heavy atom. The minimum atomic E-state index is -0.564. The van der Waals surface area contributed by atoms with Crippen molar-refractivity contribution in [2.75, 3.05) is 38.4 Å². The van der Waals surface area contributed by atoms with Crippen LogP contribution in [0.2, 0.25) is 0 Å². The van der Waals surface area contributed by atoms with Crippen molar-refractivity contribution in [1.82, 2.24) is 9.38 Å². The van der Waals surface area contributed by atoms with Crippen LogP contribution < -0.4 is 9.64 Å². The van der Waals surface area contributed by atoms with Gasteiger partial charge in [-0.2, -0.15) is 0 Å². The number of anilines is 1. The normalized spacial score (nSPS) is 16.2. The van der Waals surface area contributed by atoms with Crippen LogP contribution in [-0.2, 0) is 14.2 Å². The van der Waals surface area contributed by atoms with Gasteiger partial charge in [-0.05, 0) is 51.5 Å².